The first-order chi connectivity index (χ1) is 6.68. The Morgan fingerprint density at radius 3 is 3.07 bits per heavy atom. The van der Waals surface area contributed by atoms with Crippen molar-refractivity contribution in [2.75, 3.05) is 18.9 Å². The molecule has 0 spiro atoms. The van der Waals surface area contributed by atoms with Gasteiger partial charge in [0, 0.05) is 13.2 Å². The summed E-state index contributed by atoms with van der Waals surface area (Å²) in [7, 11) is 1.59. The first-order valence-electron chi connectivity index (χ1n) is 4.19. The van der Waals surface area contributed by atoms with Crippen LogP contribution in [0.1, 0.15) is 10.4 Å². The number of fused-ring (bicyclic) bond motifs is 1. The summed E-state index contributed by atoms with van der Waals surface area (Å²) in [4.78, 5) is 28.2. The lowest BCUT2D eigenvalue weighted by Crippen LogP contribution is -2.31. The van der Waals surface area contributed by atoms with E-state index in [0.717, 1.165) is 0 Å². The summed E-state index contributed by atoms with van der Waals surface area (Å²) in [5.41, 5.74) is 0.431. The van der Waals surface area contributed by atoms with Crippen LogP contribution in [0, 0.1) is 0 Å². The van der Waals surface area contributed by atoms with Crippen LogP contribution < -0.4 is 5.32 Å². The van der Waals surface area contributed by atoms with Gasteiger partial charge in [-0.1, -0.05) is 0 Å². The number of amides is 2. The van der Waals surface area contributed by atoms with Crippen molar-refractivity contribution in [1.29, 1.82) is 0 Å². The number of hydrogen-bond acceptors (Lipinski definition) is 3. The van der Waals surface area contributed by atoms with E-state index in [4.69, 9.17) is 0 Å². The molecular formula is C9H9N3O2. The molecule has 5 heteroatoms. The fourth-order valence-electron chi connectivity index (χ4n) is 1.34. The Morgan fingerprint density at radius 1 is 1.50 bits per heavy atom. The number of carbonyl (C=O) groups excluding carboxylic acids is 2. The second kappa shape index (κ2) is 3.10. The topological polar surface area (TPSA) is 62.3 Å². The summed E-state index contributed by atoms with van der Waals surface area (Å²) < 4.78 is 0. The largest absolute Gasteiger partial charge is 0.332 e. The van der Waals surface area contributed by atoms with E-state index in [-0.39, 0.29) is 18.4 Å². The summed E-state index contributed by atoms with van der Waals surface area (Å²) in [6.45, 7) is 0.0647. The van der Waals surface area contributed by atoms with E-state index < -0.39 is 0 Å². The van der Waals surface area contributed by atoms with E-state index in [1.54, 1.807) is 19.2 Å². The Balaban J connectivity index is 2.52. The Kier molecular flexibility index (Phi) is 1.92. The molecule has 0 saturated heterocycles. The molecule has 2 amide bonds. The molecule has 0 aromatic carbocycles. The van der Waals surface area contributed by atoms with Crippen molar-refractivity contribution in [3.05, 3.63) is 23.9 Å². The van der Waals surface area contributed by atoms with Crippen LogP contribution in [0.5, 0.6) is 0 Å². The number of anilines is 1. The number of hydrogen-bond donors (Lipinski definition) is 1. The zero-order valence-electron chi connectivity index (χ0n) is 7.65. The van der Waals surface area contributed by atoms with Gasteiger partial charge in [-0.15, -0.1) is 0 Å². The normalized spacial score (nSPS) is 15.9. The molecule has 2 heterocycles. The number of pyridine rings is 1. The zero-order chi connectivity index (χ0) is 10.1. The van der Waals surface area contributed by atoms with Crippen molar-refractivity contribution in [3.8, 4) is 0 Å². The average Bonchev–Trinajstić information content (AvgIpc) is 2.26. The maximum absolute atomic E-state index is 11.7. The molecule has 5 nitrogen and oxygen atoms in total. The van der Waals surface area contributed by atoms with E-state index in [2.05, 4.69) is 10.3 Å². The second-order valence-corrected chi connectivity index (χ2v) is 3.11. The predicted molar refractivity (Wildman–Crippen MR) is 49.8 cm³/mol. The minimum atomic E-state index is -0.224. The third-order valence-corrected chi connectivity index (χ3v) is 2.02. The van der Waals surface area contributed by atoms with E-state index >= 15 is 0 Å². The Hall–Kier alpha value is -1.91. The Labute approximate surface area is 80.7 Å². The lowest BCUT2D eigenvalue weighted by Gasteiger charge is -2.11. The van der Waals surface area contributed by atoms with E-state index in [9.17, 15) is 9.59 Å². The van der Waals surface area contributed by atoms with Crippen molar-refractivity contribution >= 4 is 17.6 Å². The van der Waals surface area contributed by atoms with Gasteiger partial charge in [-0.25, -0.2) is 4.98 Å². The highest BCUT2D eigenvalue weighted by atomic mass is 16.2. The van der Waals surface area contributed by atoms with Crippen molar-refractivity contribution in [2.45, 2.75) is 0 Å². The summed E-state index contributed by atoms with van der Waals surface area (Å²) in [5.74, 6) is -0.0726. The monoisotopic (exact) mass is 191 g/mol. The molecule has 1 aromatic rings. The third-order valence-electron chi connectivity index (χ3n) is 2.02. The number of likely N-dealkylation sites (N-methyl/N-ethyl adjacent to an activating group) is 1. The SMILES string of the molecule is CN1CC(=O)Nc2ncccc2C1=O. The van der Waals surface area contributed by atoms with Gasteiger partial charge in [0.25, 0.3) is 5.91 Å². The van der Waals surface area contributed by atoms with Gasteiger partial charge in [-0.2, -0.15) is 0 Å². The molecule has 1 aliphatic rings. The van der Waals surface area contributed by atoms with Gasteiger partial charge in [0.1, 0.15) is 5.82 Å². The number of carbonyl (C=O) groups is 2. The summed E-state index contributed by atoms with van der Waals surface area (Å²) in [6.07, 6.45) is 1.54. The van der Waals surface area contributed by atoms with Crippen LogP contribution in [0.4, 0.5) is 5.82 Å². The highest BCUT2D eigenvalue weighted by Crippen LogP contribution is 2.16. The molecule has 0 aliphatic carbocycles. The first-order valence-corrected chi connectivity index (χ1v) is 4.19. The van der Waals surface area contributed by atoms with Crippen LogP contribution in [0.3, 0.4) is 0 Å². The second-order valence-electron chi connectivity index (χ2n) is 3.11. The maximum atomic E-state index is 11.7. The zero-order valence-corrected chi connectivity index (χ0v) is 7.65. The van der Waals surface area contributed by atoms with Crippen LogP contribution in [-0.4, -0.2) is 35.3 Å². The number of nitrogens with one attached hydrogen (secondary N) is 1. The molecule has 0 saturated carbocycles. The van der Waals surface area contributed by atoms with Gasteiger partial charge in [-0.3, -0.25) is 9.59 Å². The number of aromatic nitrogens is 1. The molecular weight excluding hydrogens is 182 g/mol. The van der Waals surface area contributed by atoms with Gasteiger partial charge in [0.05, 0.1) is 12.1 Å². The fraction of sp³-hybridized carbons (Fsp3) is 0.222. The van der Waals surface area contributed by atoms with Crippen LogP contribution in [0.2, 0.25) is 0 Å². The first kappa shape index (κ1) is 8.68. The molecule has 0 atom stereocenters. The molecule has 14 heavy (non-hydrogen) atoms. The molecule has 2 rings (SSSR count). The van der Waals surface area contributed by atoms with Crippen molar-refractivity contribution in [2.24, 2.45) is 0 Å². The standard InChI is InChI=1S/C9H9N3O2/c1-12-5-7(13)11-8-6(9(12)14)3-2-4-10-8/h2-4H,5H2,1H3,(H,10,11,13). The van der Waals surface area contributed by atoms with Gasteiger partial charge >= 0.3 is 0 Å². The minimum absolute atomic E-state index is 0.0647. The van der Waals surface area contributed by atoms with Gasteiger partial charge in [0.15, 0.2) is 0 Å². The molecule has 0 radical (unpaired) electrons. The fourth-order valence-corrected chi connectivity index (χ4v) is 1.34. The average molecular weight is 191 g/mol. The van der Waals surface area contributed by atoms with Crippen LogP contribution in [-0.2, 0) is 4.79 Å². The van der Waals surface area contributed by atoms with Gasteiger partial charge in [0.2, 0.25) is 5.91 Å². The molecule has 0 unspecified atom stereocenters. The van der Waals surface area contributed by atoms with E-state index in [0.29, 0.717) is 11.4 Å². The lowest BCUT2D eigenvalue weighted by molar-refractivity contribution is -0.116. The van der Waals surface area contributed by atoms with Crippen molar-refractivity contribution < 1.29 is 9.59 Å². The lowest BCUT2D eigenvalue weighted by atomic mass is 10.2. The molecule has 1 N–H and O–H groups in total. The predicted octanol–water partition coefficient (Wildman–Crippen LogP) is 0.106. The molecule has 1 aromatic heterocycles. The van der Waals surface area contributed by atoms with Gasteiger partial charge < -0.3 is 10.2 Å². The highest BCUT2D eigenvalue weighted by molar-refractivity contribution is 6.07. The molecule has 0 fully saturated rings. The van der Waals surface area contributed by atoms with Crippen LogP contribution in [0.15, 0.2) is 18.3 Å². The smallest absolute Gasteiger partial charge is 0.257 e. The van der Waals surface area contributed by atoms with E-state index in [1.807, 2.05) is 0 Å². The summed E-state index contributed by atoms with van der Waals surface area (Å²) in [5, 5.41) is 2.57. The molecule has 0 bridgehead atoms. The minimum Gasteiger partial charge on any atom is -0.332 e. The number of rotatable bonds is 0. The van der Waals surface area contributed by atoms with E-state index in [1.165, 1.54) is 11.1 Å². The molecule has 72 valence electrons. The maximum Gasteiger partial charge on any atom is 0.257 e. The molecule has 1 aliphatic heterocycles. The Morgan fingerprint density at radius 2 is 2.29 bits per heavy atom. The highest BCUT2D eigenvalue weighted by Gasteiger charge is 2.23. The summed E-state index contributed by atoms with van der Waals surface area (Å²) >= 11 is 0. The quantitative estimate of drug-likeness (QED) is 0.632. The van der Waals surface area contributed by atoms with Crippen LogP contribution in [0.25, 0.3) is 0 Å². The van der Waals surface area contributed by atoms with Crippen molar-refractivity contribution in [3.63, 3.8) is 0 Å². The number of nitrogens with zero attached hydrogens (tertiary/aromatic N) is 2. The van der Waals surface area contributed by atoms with Gasteiger partial charge in [-0.05, 0) is 12.1 Å². The Bertz CT molecular complexity index is 403. The van der Waals surface area contributed by atoms with Crippen molar-refractivity contribution in [1.82, 2.24) is 9.88 Å². The third kappa shape index (κ3) is 1.32. The van der Waals surface area contributed by atoms with Crippen LogP contribution >= 0.6 is 0 Å². The summed E-state index contributed by atoms with van der Waals surface area (Å²) in [6, 6.07) is 3.31.